The maximum absolute atomic E-state index is 12.2. The van der Waals surface area contributed by atoms with Crippen LogP contribution in [0.5, 0.6) is 5.75 Å². The molecule has 0 saturated carbocycles. The number of nitrogens with zero attached hydrogens (tertiary/aromatic N) is 2. The molecule has 2 amide bonds. The molecule has 0 radical (unpaired) electrons. The second-order valence-electron chi connectivity index (χ2n) is 5.78. The van der Waals surface area contributed by atoms with E-state index >= 15 is 0 Å². The summed E-state index contributed by atoms with van der Waals surface area (Å²) in [6.07, 6.45) is 2.50. The van der Waals surface area contributed by atoms with E-state index in [2.05, 4.69) is 10.3 Å². The van der Waals surface area contributed by atoms with Crippen LogP contribution in [-0.4, -0.2) is 47.2 Å². The number of fused-ring (bicyclic) bond motifs is 1. The first-order valence-corrected chi connectivity index (χ1v) is 6.61. The van der Waals surface area contributed by atoms with Gasteiger partial charge in [0.2, 0.25) is 0 Å². The summed E-state index contributed by atoms with van der Waals surface area (Å²) in [5.74, 6) is 0.152. The highest BCUT2D eigenvalue weighted by Gasteiger charge is 2.33. The van der Waals surface area contributed by atoms with Crippen molar-refractivity contribution in [2.75, 3.05) is 19.0 Å². The van der Waals surface area contributed by atoms with Gasteiger partial charge in [-0.25, -0.2) is 4.79 Å². The second-order valence-corrected chi connectivity index (χ2v) is 5.78. The number of pyridine rings is 1. The van der Waals surface area contributed by atoms with Gasteiger partial charge in [0.15, 0.2) is 5.75 Å². The average Bonchev–Trinajstić information content (AvgIpc) is 2.54. The molecule has 21 heavy (non-hydrogen) atoms. The minimum Gasteiger partial charge on any atom is -0.487 e. The van der Waals surface area contributed by atoms with Crippen LogP contribution in [0.2, 0.25) is 0 Å². The maximum Gasteiger partial charge on any atom is 0.410 e. The summed E-state index contributed by atoms with van der Waals surface area (Å²) in [6.45, 7) is 5.35. The van der Waals surface area contributed by atoms with Gasteiger partial charge in [0.1, 0.15) is 18.2 Å². The summed E-state index contributed by atoms with van der Waals surface area (Å²) in [5, 5.41) is 2.72. The summed E-state index contributed by atoms with van der Waals surface area (Å²) in [6, 6.07) is 0.871. The van der Waals surface area contributed by atoms with Gasteiger partial charge in [-0.15, -0.1) is 0 Å². The number of aromatic nitrogens is 1. The minimum absolute atomic E-state index is 0.0419. The first-order chi connectivity index (χ1) is 9.78. The smallest absolute Gasteiger partial charge is 0.410 e. The summed E-state index contributed by atoms with van der Waals surface area (Å²) in [5.41, 5.74) is -0.0876. The molecule has 0 saturated heterocycles. The van der Waals surface area contributed by atoms with E-state index in [1.54, 1.807) is 33.0 Å². The van der Waals surface area contributed by atoms with E-state index in [4.69, 9.17) is 9.47 Å². The van der Waals surface area contributed by atoms with Crippen molar-refractivity contribution in [1.82, 2.24) is 9.88 Å². The lowest BCUT2D eigenvalue weighted by molar-refractivity contribution is -0.121. The van der Waals surface area contributed by atoms with E-state index in [9.17, 15) is 9.59 Å². The van der Waals surface area contributed by atoms with Gasteiger partial charge in [-0.3, -0.25) is 14.7 Å². The van der Waals surface area contributed by atoms with Gasteiger partial charge in [0.05, 0.1) is 11.9 Å². The third kappa shape index (κ3) is 3.62. The zero-order valence-corrected chi connectivity index (χ0v) is 12.5. The number of carbonyl (C=O) groups is 2. The maximum atomic E-state index is 12.2. The largest absolute Gasteiger partial charge is 0.487 e. The molecule has 2 rings (SSSR count). The molecule has 7 heteroatoms. The fourth-order valence-electron chi connectivity index (χ4n) is 1.81. The number of hydrogen-bond donors (Lipinski definition) is 1. The zero-order valence-electron chi connectivity index (χ0n) is 12.5. The van der Waals surface area contributed by atoms with Gasteiger partial charge in [0.25, 0.3) is 5.91 Å². The van der Waals surface area contributed by atoms with Crippen molar-refractivity contribution >= 4 is 17.7 Å². The van der Waals surface area contributed by atoms with Crippen LogP contribution < -0.4 is 10.1 Å². The van der Waals surface area contributed by atoms with Crippen LogP contribution >= 0.6 is 0 Å². The van der Waals surface area contributed by atoms with Crippen LogP contribution in [0.25, 0.3) is 0 Å². The Hall–Kier alpha value is -2.31. The van der Waals surface area contributed by atoms with Gasteiger partial charge in [-0.05, 0) is 26.8 Å². The molecule has 0 unspecified atom stereocenters. The monoisotopic (exact) mass is 293 g/mol. The SMILES string of the molecule is CN(C(=O)OC(C)(C)C)[C@@H]1COc2cnccc2NC1=O. The number of likely N-dealkylation sites (N-methyl/N-ethyl adjacent to an activating group) is 1. The molecular weight excluding hydrogens is 274 g/mol. The van der Waals surface area contributed by atoms with Crippen LogP contribution in [0.3, 0.4) is 0 Å². The first-order valence-electron chi connectivity index (χ1n) is 6.61. The molecule has 0 spiro atoms. The van der Waals surface area contributed by atoms with E-state index in [0.29, 0.717) is 11.4 Å². The van der Waals surface area contributed by atoms with E-state index in [-0.39, 0.29) is 12.5 Å². The molecule has 2 heterocycles. The lowest BCUT2D eigenvalue weighted by Crippen LogP contribution is -2.49. The van der Waals surface area contributed by atoms with Crippen LogP contribution in [0, 0.1) is 0 Å². The molecular formula is C14H19N3O4. The molecule has 1 atom stereocenters. The van der Waals surface area contributed by atoms with Gasteiger partial charge < -0.3 is 14.8 Å². The molecule has 0 aromatic carbocycles. The topological polar surface area (TPSA) is 80.8 Å². The molecule has 114 valence electrons. The second kappa shape index (κ2) is 5.59. The van der Waals surface area contributed by atoms with Crippen molar-refractivity contribution < 1.29 is 19.1 Å². The Kier molecular flexibility index (Phi) is 4.02. The summed E-state index contributed by atoms with van der Waals surface area (Å²) in [4.78, 5) is 29.4. The van der Waals surface area contributed by atoms with Gasteiger partial charge in [-0.1, -0.05) is 0 Å². The molecule has 0 fully saturated rings. The van der Waals surface area contributed by atoms with Crippen molar-refractivity contribution in [2.24, 2.45) is 0 Å². The molecule has 0 aliphatic carbocycles. The van der Waals surface area contributed by atoms with Crippen molar-refractivity contribution in [2.45, 2.75) is 32.4 Å². The van der Waals surface area contributed by atoms with Gasteiger partial charge in [-0.2, -0.15) is 0 Å². The lowest BCUT2D eigenvalue weighted by Gasteiger charge is -2.28. The number of ether oxygens (including phenoxy) is 2. The summed E-state index contributed by atoms with van der Waals surface area (Å²) >= 11 is 0. The fourth-order valence-corrected chi connectivity index (χ4v) is 1.81. The number of hydrogen-bond acceptors (Lipinski definition) is 5. The average molecular weight is 293 g/mol. The zero-order chi connectivity index (χ0) is 15.6. The Labute approximate surface area is 123 Å². The van der Waals surface area contributed by atoms with Crippen molar-refractivity contribution in [1.29, 1.82) is 0 Å². The standard InChI is InChI=1S/C14H19N3O4/c1-14(2,3)21-13(19)17(4)10-8-20-11-7-15-6-5-9(11)16-12(10)18/h5-7,10H,8H2,1-4H3,(H,16,18)/t10-/m1/s1. The highest BCUT2D eigenvalue weighted by molar-refractivity contribution is 5.98. The number of rotatable bonds is 1. The van der Waals surface area contributed by atoms with Crippen molar-refractivity contribution in [3.05, 3.63) is 18.5 Å². The van der Waals surface area contributed by atoms with Gasteiger partial charge in [0, 0.05) is 13.2 Å². The van der Waals surface area contributed by atoms with Crippen LogP contribution in [-0.2, 0) is 9.53 Å². The third-order valence-electron chi connectivity index (χ3n) is 2.89. The third-order valence-corrected chi connectivity index (χ3v) is 2.89. The van der Waals surface area contributed by atoms with Crippen molar-refractivity contribution in [3.63, 3.8) is 0 Å². The lowest BCUT2D eigenvalue weighted by atomic mass is 10.2. The number of nitrogens with one attached hydrogen (secondary N) is 1. The van der Waals surface area contributed by atoms with E-state index in [0.717, 1.165) is 0 Å². The molecule has 7 nitrogen and oxygen atoms in total. The molecule has 1 N–H and O–H groups in total. The summed E-state index contributed by atoms with van der Waals surface area (Å²) in [7, 11) is 1.51. The van der Waals surface area contributed by atoms with Crippen molar-refractivity contribution in [3.8, 4) is 5.75 Å². The summed E-state index contributed by atoms with van der Waals surface area (Å²) < 4.78 is 10.8. The fraction of sp³-hybridized carbons (Fsp3) is 0.500. The highest BCUT2D eigenvalue weighted by atomic mass is 16.6. The number of carbonyl (C=O) groups excluding carboxylic acids is 2. The molecule has 0 bridgehead atoms. The van der Waals surface area contributed by atoms with Crippen LogP contribution in [0.15, 0.2) is 18.5 Å². The van der Waals surface area contributed by atoms with E-state index < -0.39 is 17.7 Å². The Morgan fingerprint density at radius 1 is 1.52 bits per heavy atom. The Morgan fingerprint density at radius 2 is 2.24 bits per heavy atom. The van der Waals surface area contributed by atoms with Crippen LogP contribution in [0.4, 0.5) is 10.5 Å². The predicted molar refractivity (Wildman–Crippen MR) is 76.1 cm³/mol. The van der Waals surface area contributed by atoms with Gasteiger partial charge >= 0.3 is 6.09 Å². The number of amides is 2. The predicted octanol–water partition coefficient (Wildman–Crippen LogP) is 1.65. The number of anilines is 1. The van der Waals surface area contributed by atoms with Crippen LogP contribution in [0.1, 0.15) is 20.8 Å². The molecule has 1 aliphatic heterocycles. The molecule has 1 aliphatic rings. The van der Waals surface area contributed by atoms with E-state index in [1.165, 1.54) is 18.1 Å². The Balaban J connectivity index is 2.11. The normalized spacial score (nSPS) is 17.9. The first kappa shape index (κ1) is 15.1. The quantitative estimate of drug-likeness (QED) is 0.851. The minimum atomic E-state index is -0.771. The molecule has 1 aromatic heterocycles. The Morgan fingerprint density at radius 3 is 2.90 bits per heavy atom. The highest BCUT2D eigenvalue weighted by Crippen LogP contribution is 2.26. The van der Waals surface area contributed by atoms with E-state index in [1.807, 2.05) is 0 Å². The molecule has 1 aromatic rings. The Bertz CT molecular complexity index is 553.